The maximum Gasteiger partial charge on any atom is 0.516 e. The zero-order chi connectivity index (χ0) is 15.9. The molecule has 0 unspecified atom stereocenters. The number of urea groups is 1. The van der Waals surface area contributed by atoms with Crippen molar-refractivity contribution in [1.82, 2.24) is 9.03 Å². The second kappa shape index (κ2) is 4.69. The summed E-state index contributed by atoms with van der Waals surface area (Å²) in [5.41, 5.74) is -12.0. The van der Waals surface area contributed by atoms with Crippen LogP contribution in [0.25, 0.3) is 0 Å². The largest absolute Gasteiger partial charge is 0.516 e. The van der Waals surface area contributed by atoms with E-state index in [9.17, 15) is 48.0 Å². The van der Waals surface area contributed by atoms with Gasteiger partial charge in [0.25, 0.3) is 0 Å². The van der Waals surface area contributed by atoms with Crippen molar-refractivity contribution in [2.24, 2.45) is 0 Å². The Hall–Kier alpha value is -1.25. The zero-order valence-electron chi connectivity index (χ0n) is 8.57. The fraction of sp³-hybridized carbons (Fsp3) is 0.750. The first kappa shape index (κ1) is 17.8. The van der Waals surface area contributed by atoms with Crippen molar-refractivity contribution in [2.45, 2.75) is 11.0 Å². The fourth-order valence-corrected chi connectivity index (χ4v) is 1.62. The number of rotatable bonds is 2. The Balaban J connectivity index is 5.31. The third-order valence-electron chi connectivity index (χ3n) is 1.47. The normalized spacial score (nSPS) is 14.1. The van der Waals surface area contributed by atoms with Crippen LogP contribution >= 0.6 is 0 Å². The van der Waals surface area contributed by atoms with E-state index in [1.807, 2.05) is 0 Å². The van der Waals surface area contributed by atoms with E-state index in [1.165, 1.54) is 0 Å². The van der Waals surface area contributed by atoms with Gasteiger partial charge in [-0.05, 0) is 0 Å². The lowest BCUT2D eigenvalue weighted by atomic mass is 11.0. The number of nitrogens with one attached hydrogen (secondary N) is 1. The average Bonchev–Trinajstić information content (AvgIpc) is 2.11. The summed E-state index contributed by atoms with van der Waals surface area (Å²) < 4.78 is 112. The predicted molar refractivity (Wildman–Crippen MR) is 46.2 cm³/mol. The van der Waals surface area contributed by atoms with E-state index >= 15 is 0 Å². The number of sulfonamides is 2. The van der Waals surface area contributed by atoms with E-state index in [0.29, 0.717) is 0 Å². The minimum Gasteiger partial charge on any atom is -0.246 e. The Morgan fingerprint density at radius 3 is 1.58 bits per heavy atom. The number of carbonyl (C=O) groups excluding carboxylic acids is 1. The third-order valence-corrected chi connectivity index (χ3v) is 3.99. The molecule has 114 valence electrons. The second-order valence-electron chi connectivity index (χ2n) is 2.77. The van der Waals surface area contributed by atoms with Gasteiger partial charge in [0, 0.05) is 7.05 Å². The van der Waals surface area contributed by atoms with Gasteiger partial charge in [-0.2, -0.15) is 43.2 Å². The summed E-state index contributed by atoms with van der Waals surface area (Å²) in [6.45, 7) is 0. The summed E-state index contributed by atoms with van der Waals surface area (Å²) in [4.78, 5) is 10.8. The Morgan fingerprint density at radius 2 is 1.32 bits per heavy atom. The van der Waals surface area contributed by atoms with Gasteiger partial charge in [-0.3, -0.25) is 0 Å². The summed E-state index contributed by atoms with van der Waals surface area (Å²) in [5, 5.41) is 0. The van der Waals surface area contributed by atoms with Gasteiger partial charge in [0.05, 0.1) is 0 Å². The SMILES string of the molecule is CN(C(=O)NS(=O)(=O)C(F)(F)F)S(=O)(=O)C(F)(F)F. The number of hydrogen-bond donors (Lipinski definition) is 1. The molecule has 0 heterocycles. The predicted octanol–water partition coefficient (Wildman–Crippen LogP) is 0.327. The minimum absolute atomic E-state index is 0.0654. The van der Waals surface area contributed by atoms with Crippen molar-refractivity contribution in [2.75, 3.05) is 7.05 Å². The Labute approximate surface area is 102 Å². The molecule has 19 heavy (non-hydrogen) atoms. The molecule has 0 fully saturated rings. The van der Waals surface area contributed by atoms with Crippen molar-refractivity contribution in [1.29, 1.82) is 0 Å². The van der Waals surface area contributed by atoms with Crippen LogP contribution in [0.4, 0.5) is 31.1 Å². The highest BCUT2D eigenvalue weighted by Crippen LogP contribution is 2.26. The van der Waals surface area contributed by atoms with Gasteiger partial charge in [-0.15, -0.1) is 0 Å². The molecule has 15 heteroatoms. The van der Waals surface area contributed by atoms with Crippen molar-refractivity contribution in [3.63, 3.8) is 0 Å². The van der Waals surface area contributed by atoms with Gasteiger partial charge in [0.2, 0.25) is 0 Å². The molecular weight excluding hydrogens is 334 g/mol. The molecule has 7 nitrogen and oxygen atoms in total. The molecule has 1 N–H and O–H groups in total. The van der Waals surface area contributed by atoms with Crippen LogP contribution in [-0.2, 0) is 20.0 Å². The van der Waals surface area contributed by atoms with E-state index in [0.717, 1.165) is 0 Å². The summed E-state index contributed by atoms with van der Waals surface area (Å²) in [6, 6.07) is -2.63. The van der Waals surface area contributed by atoms with Crippen molar-refractivity contribution >= 4 is 26.1 Å². The molecule has 0 aromatic heterocycles. The molecule has 0 atom stereocenters. The molecular formula is C4H4F6N2O5S2. The molecule has 0 aliphatic rings. The Morgan fingerprint density at radius 1 is 0.947 bits per heavy atom. The highest BCUT2D eigenvalue weighted by Gasteiger charge is 2.53. The molecule has 2 amide bonds. The molecule has 0 aromatic carbocycles. The molecule has 0 saturated carbocycles. The van der Waals surface area contributed by atoms with Gasteiger partial charge in [-0.1, -0.05) is 0 Å². The third kappa shape index (κ3) is 3.62. The number of halogens is 6. The molecule has 0 spiro atoms. The number of nitrogens with zero attached hydrogens (tertiary/aromatic N) is 1. The topological polar surface area (TPSA) is 101 Å². The molecule has 0 aromatic rings. The molecule has 0 rings (SSSR count). The summed E-state index contributed by atoms with van der Waals surface area (Å²) in [7, 11) is -12.7. The molecule has 0 aliphatic heterocycles. The second-order valence-corrected chi connectivity index (χ2v) is 6.41. The number of carbonyl (C=O) groups is 1. The highest BCUT2D eigenvalue weighted by molar-refractivity contribution is 7.92. The van der Waals surface area contributed by atoms with Crippen molar-refractivity contribution < 1.29 is 48.0 Å². The average molecular weight is 338 g/mol. The van der Waals surface area contributed by atoms with Crippen LogP contribution in [0.1, 0.15) is 0 Å². The quantitative estimate of drug-likeness (QED) is 0.731. The van der Waals surface area contributed by atoms with Gasteiger partial charge in [-0.25, -0.2) is 13.8 Å². The van der Waals surface area contributed by atoms with Gasteiger partial charge in [0.15, 0.2) is 0 Å². The summed E-state index contributed by atoms with van der Waals surface area (Å²) in [6.07, 6.45) is 0. The van der Waals surface area contributed by atoms with Crippen LogP contribution in [-0.4, -0.2) is 45.2 Å². The van der Waals surface area contributed by atoms with E-state index in [2.05, 4.69) is 0 Å². The molecule has 0 radical (unpaired) electrons. The van der Waals surface area contributed by atoms with Crippen LogP contribution in [0.5, 0.6) is 0 Å². The lowest BCUT2D eigenvalue weighted by Crippen LogP contribution is -2.50. The lowest BCUT2D eigenvalue weighted by molar-refractivity contribution is -0.0473. The molecule has 0 bridgehead atoms. The molecule has 0 aliphatic carbocycles. The maximum atomic E-state index is 11.9. The molecule has 0 saturated heterocycles. The smallest absolute Gasteiger partial charge is 0.246 e. The number of alkyl halides is 6. The van der Waals surface area contributed by atoms with Crippen molar-refractivity contribution in [3.05, 3.63) is 0 Å². The van der Waals surface area contributed by atoms with Crippen LogP contribution in [0.15, 0.2) is 0 Å². The van der Waals surface area contributed by atoms with Crippen molar-refractivity contribution in [3.8, 4) is 0 Å². The van der Waals surface area contributed by atoms with E-state index in [-0.39, 0.29) is 11.8 Å². The maximum absolute atomic E-state index is 11.9. The van der Waals surface area contributed by atoms with Crippen LogP contribution in [0.2, 0.25) is 0 Å². The summed E-state index contributed by atoms with van der Waals surface area (Å²) in [5.74, 6) is 0. The standard InChI is InChI=1S/C4H4F6N2O5S2/c1-12(19(16,17)4(8,9)10)2(13)11-18(14,15)3(5,6)7/h1H3,(H,11,13). The fourth-order valence-electron chi connectivity index (χ4n) is 0.502. The van der Waals surface area contributed by atoms with Crippen LogP contribution in [0, 0.1) is 0 Å². The first-order valence-electron chi connectivity index (χ1n) is 3.72. The van der Waals surface area contributed by atoms with Crippen LogP contribution < -0.4 is 4.72 Å². The Kier molecular flexibility index (Phi) is 4.39. The zero-order valence-corrected chi connectivity index (χ0v) is 10.2. The Bertz CT molecular complexity index is 559. The van der Waals surface area contributed by atoms with Gasteiger partial charge in [0.1, 0.15) is 0 Å². The minimum atomic E-state index is -6.32. The van der Waals surface area contributed by atoms with Gasteiger partial charge < -0.3 is 0 Å². The first-order chi connectivity index (χ1) is 8.04. The highest BCUT2D eigenvalue weighted by atomic mass is 32.2. The van der Waals surface area contributed by atoms with E-state index in [4.69, 9.17) is 0 Å². The van der Waals surface area contributed by atoms with E-state index in [1.54, 1.807) is 0 Å². The van der Waals surface area contributed by atoms with Gasteiger partial charge >= 0.3 is 37.1 Å². The number of hydrogen-bond acceptors (Lipinski definition) is 5. The van der Waals surface area contributed by atoms with E-state index < -0.39 is 41.4 Å². The first-order valence-corrected chi connectivity index (χ1v) is 6.64. The lowest BCUT2D eigenvalue weighted by Gasteiger charge is -2.19. The summed E-state index contributed by atoms with van der Waals surface area (Å²) >= 11 is 0. The number of amides is 2. The monoisotopic (exact) mass is 338 g/mol. The van der Waals surface area contributed by atoms with Crippen LogP contribution in [0.3, 0.4) is 0 Å².